The zero-order valence-electron chi connectivity index (χ0n) is 17.7. The third-order valence-corrected chi connectivity index (χ3v) is 5.48. The normalized spacial score (nSPS) is 19.7. The molecule has 10 nitrogen and oxygen atoms in total. The summed E-state index contributed by atoms with van der Waals surface area (Å²) in [5.41, 5.74) is 0.585. The minimum atomic E-state index is -0.654. The maximum absolute atomic E-state index is 13.1. The van der Waals surface area contributed by atoms with Crippen LogP contribution in [0.3, 0.4) is 0 Å². The Balaban J connectivity index is 1.70. The van der Waals surface area contributed by atoms with Crippen LogP contribution >= 0.6 is 0 Å². The summed E-state index contributed by atoms with van der Waals surface area (Å²) < 4.78 is 5.18. The Labute approximate surface area is 181 Å². The number of nitrogens with zero attached hydrogens (tertiary/aromatic N) is 3. The van der Waals surface area contributed by atoms with Crippen LogP contribution in [0.5, 0.6) is 5.75 Å². The van der Waals surface area contributed by atoms with Crippen LogP contribution in [-0.4, -0.2) is 65.9 Å². The van der Waals surface area contributed by atoms with E-state index in [9.17, 15) is 19.7 Å². The molecular weight excluding hydrogens is 402 g/mol. The van der Waals surface area contributed by atoms with Gasteiger partial charge in [-0.1, -0.05) is 6.07 Å². The Morgan fingerprint density at radius 3 is 2.71 bits per heavy atom. The number of nitro groups is 1. The number of anilines is 1. The number of rotatable bonds is 8. The average molecular weight is 431 g/mol. The summed E-state index contributed by atoms with van der Waals surface area (Å²) in [5, 5.41) is 17.1. The Hall–Kier alpha value is -3.30. The van der Waals surface area contributed by atoms with Crippen LogP contribution in [0.2, 0.25) is 0 Å². The van der Waals surface area contributed by atoms with Crippen molar-refractivity contribution in [1.82, 2.24) is 15.1 Å². The first-order valence-corrected chi connectivity index (χ1v) is 10.6. The van der Waals surface area contributed by atoms with Crippen LogP contribution < -0.4 is 15.4 Å². The van der Waals surface area contributed by atoms with Crippen LogP contribution in [0.25, 0.3) is 0 Å². The van der Waals surface area contributed by atoms with Crippen molar-refractivity contribution in [3.05, 3.63) is 46.4 Å². The Bertz CT molecular complexity index is 837. The lowest BCUT2D eigenvalue weighted by Crippen LogP contribution is -2.49. The number of hydrogen-bond donors (Lipinski definition) is 2. The minimum Gasteiger partial charge on any atom is -0.497 e. The van der Waals surface area contributed by atoms with Crippen LogP contribution in [0.4, 0.5) is 5.69 Å². The SMILES string of the molecule is COc1cccc(N/C(=C\[N+](=O)[O-])N[C@H]2CCCCN(CC(=O)N3CCCC3)C2=O)c1. The van der Waals surface area contributed by atoms with Gasteiger partial charge in [-0.15, -0.1) is 0 Å². The van der Waals surface area contributed by atoms with E-state index < -0.39 is 11.0 Å². The summed E-state index contributed by atoms with van der Waals surface area (Å²) in [4.78, 5) is 39.6. The number of methoxy groups -OCH3 is 1. The zero-order valence-corrected chi connectivity index (χ0v) is 17.7. The number of benzene rings is 1. The molecule has 0 aliphatic carbocycles. The molecule has 1 aromatic rings. The molecule has 0 aromatic heterocycles. The molecule has 3 rings (SSSR count). The van der Waals surface area contributed by atoms with E-state index in [1.165, 1.54) is 7.11 Å². The lowest BCUT2D eigenvalue weighted by atomic mass is 10.1. The van der Waals surface area contributed by atoms with E-state index in [0.717, 1.165) is 45.0 Å². The molecule has 168 valence electrons. The van der Waals surface area contributed by atoms with Gasteiger partial charge in [0, 0.05) is 31.4 Å². The quantitative estimate of drug-likeness (QED) is 0.476. The highest BCUT2D eigenvalue weighted by Gasteiger charge is 2.30. The lowest BCUT2D eigenvalue weighted by molar-refractivity contribution is -0.403. The lowest BCUT2D eigenvalue weighted by Gasteiger charge is -2.27. The van der Waals surface area contributed by atoms with Crippen molar-refractivity contribution in [3.8, 4) is 5.75 Å². The first-order chi connectivity index (χ1) is 15.0. The molecule has 0 spiro atoms. The van der Waals surface area contributed by atoms with Crippen LogP contribution in [0.1, 0.15) is 32.1 Å². The molecule has 2 aliphatic heterocycles. The Morgan fingerprint density at radius 1 is 1.26 bits per heavy atom. The van der Waals surface area contributed by atoms with Crippen LogP contribution in [0, 0.1) is 10.1 Å². The molecule has 0 unspecified atom stereocenters. The molecule has 1 atom stereocenters. The average Bonchev–Trinajstić information content (AvgIpc) is 3.23. The van der Waals surface area contributed by atoms with Gasteiger partial charge in [0.05, 0.1) is 18.6 Å². The number of ether oxygens (including phenoxy) is 1. The summed E-state index contributed by atoms with van der Waals surface area (Å²) in [5.74, 6) is 0.445. The molecule has 2 heterocycles. The van der Waals surface area contributed by atoms with Gasteiger partial charge in [0.25, 0.3) is 6.20 Å². The minimum absolute atomic E-state index is 0.0398. The van der Waals surface area contributed by atoms with Gasteiger partial charge in [0.2, 0.25) is 11.8 Å². The second-order valence-corrected chi connectivity index (χ2v) is 7.73. The molecule has 2 saturated heterocycles. The standard InChI is InChI=1S/C21H29N5O5/c1-31-17-8-6-7-16(13-17)22-19(14-26(29)30)23-18-9-2-3-12-25(21(18)28)15-20(27)24-10-4-5-11-24/h6-8,13-14,18,22-23H,2-5,9-12,15H2,1H3/b19-14+/t18-/m0/s1. The predicted molar refractivity (Wildman–Crippen MR) is 115 cm³/mol. The fourth-order valence-electron chi connectivity index (χ4n) is 3.88. The van der Waals surface area contributed by atoms with Crippen molar-refractivity contribution in [2.75, 3.05) is 38.6 Å². The maximum atomic E-state index is 13.1. The summed E-state index contributed by atoms with van der Waals surface area (Å²) in [6.45, 7) is 2.04. The Kier molecular flexibility index (Phi) is 7.69. The first kappa shape index (κ1) is 22.4. The topological polar surface area (TPSA) is 117 Å². The van der Waals surface area contributed by atoms with E-state index in [1.807, 2.05) is 0 Å². The maximum Gasteiger partial charge on any atom is 0.274 e. The van der Waals surface area contributed by atoms with E-state index >= 15 is 0 Å². The van der Waals surface area contributed by atoms with Crippen molar-refractivity contribution in [2.24, 2.45) is 0 Å². The van der Waals surface area contributed by atoms with Gasteiger partial charge in [-0.05, 0) is 44.2 Å². The van der Waals surface area contributed by atoms with Gasteiger partial charge in [0.1, 0.15) is 11.8 Å². The van der Waals surface area contributed by atoms with Crippen molar-refractivity contribution in [1.29, 1.82) is 0 Å². The van der Waals surface area contributed by atoms with Gasteiger partial charge in [-0.2, -0.15) is 0 Å². The molecule has 1 aromatic carbocycles. The molecule has 2 amide bonds. The molecule has 2 fully saturated rings. The molecule has 0 saturated carbocycles. The van der Waals surface area contributed by atoms with E-state index in [2.05, 4.69) is 10.6 Å². The molecule has 2 aliphatic rings. The second-order valence-electron chi connectivity index (χ2n) is 7.73. The Morgan fingerprint density at radius 2 is 2.00 bits per heavy atom. The predicted octanol–water partition coefficient (Wildman–Crippen LogP) is 1.78. The van der Waals surface area contributed by atoms with Gasteiger partial charge < -0.3 is 25.2 Å². The zero-order chi connectivity index (χ0) is 22.2. The molecule has 31 heavy (non-hydrogen) atoms. The number of carbonyl (C=O) groups excluding carboxylic acids is 2. The summed E-state index contributed by atoms with van der Waals surface area (Å²) in [6.07, 6.45) is 4.89. The highest BCUT2D eigenvalue weighted by molar-refractivity contribution is 5.88. The fourth-order valence-corrected chi connectivity index (χ4v) is 3.88. The number of hydrogen-bond acceptors (Lipinski definition) is 7. The smallest absolute Gasteiger partial charge is 0.274 e. The summed E-state index contributed by atoms with van der Waals surface area (Å²) >= 11 is 0. The van der Waals surface area contributed by atoms with Crippen molar-refractivity contribution in [3.63, 3.8) is 0 Å². The van der Waals surface area contributed by atoms with Gasteiger partial charge in [0.15, 0.2) is 5.82 Å². The molecule has 10 heteroatoms. The summed E-state index contributed by atoms with van der Waals surface area (Å²) in [6, 6.07) is 6.31. The van der Waals surface area contributed by atoms with Crippen LogP contribution in [0.15, 0.2) is 36.3 Å². The number of likely N-dealkylation sites (tertiary alicyclic amines) is 2. The monoisotopic (exact) mass is 431 g/mol. The van der Waals surface area contributed by atoms with E-state index in [0.29, 0.717) is 24.4 Å². The molecular formula is C21H29N5O5. The third kappa shape index (κ3) is 6.34. The summed E-state index contributed by atoms with van der Waals surface area (Å²) in [7, 11) is 1.54. The number of amides is 2. The number of carbonyl (C=O) groups is 2. The van der Waals surface area contributed by atoms with Gasteiger partial charge in [-0.25, -0.2) is 0 Å². The molecule has 0 bridgehead atoms. The van der Waals surface area contributed by atoms with E-state index in [-0.39, 0.29) is 24.2 Å². The van der Waals surface area contributed by atoms with Gasteiger partial charge >= 0.3 is 0 Å². The molecule has 2 N–H and O–H groups in total. The fraction of sp³-hybridized carbons (Fsp3) is 0.524. The first-order valence-electron chi connectivity index (χ1n) is 10.6. The largest absolute Gasteiger partial charge is 0.497 e. The molecule has 0 radical (unpaired) electrons. The van der Waals surface area contributed by atoms with E-state index in [1.54, 1.807) is 34.1 Å². The van der Waals surface area contributed by atoms with Gasteiger partial charge in [-0.3, -0.25) is 19.7 Å². The van der Waals surface area contributed by atoms with Crippen molar-refractivity contribution in [2.45, 2.75) is 38.1 Å². The van der Waals surface area contributed by atoms with E-state index in [4.69, 9.17) is 4.74 Å². The van der Waals surface area contributed by atoms with Crippen molar-refractivity contribution >= 4 is 17.5 Å². The third-order valence-electron chi connectivity index (χ3n) is 5.48. The highest BCUT2D eigenvalue weighted by atomic mass is 16.6. The highest BCUT2D eigenvalue weighted by Crippen LogP contribution is 2.19. The van der Waals surface area contributed by atoms with Crippen LogP contribution in [-0.2, 0) is 9.59 Å². The number of nitrogens with one attached hydrogen (secondary N) is 2. The second kappa shape index (κ2) is 10.6. The van der Waals surface area contributed by atoms with Crippen molar-refractivity contribution < 1.29 is 19.2 Å².